The number of halogens is 1. The number of nitrogens with zero attached hydrogens (tertiary/aromatic N) is 1. The zero-order chi connectivity index (χ0) is 16.8. The fourth-order valence-electron chi connectivity index (χ4n) is 1.78. The van der Waals surface area contributed by atoms with E-state index in [2.05, 4.69) is 10.6 Å². The lowest BCUT2D eigenvalue weighted by atomic mass is 10.2. The fraction of sp³-hybridized carbons (Fsp3) is 0.533. The smallest absolute Gasteiger partial charge is 0.251 e. The van der Waals surface area contributed by atoms with Gasteiger partial charge in [-0.2, -0.15) is 4.31 Å². The number of sulfonamides is 1. The molecule has 0 aliphatic heterocycles. The molecule has 0 aromatic heterocycles. The van der Waals surface area contributed by atoms with Crippen LogP contribution in [0.25, 0.3) is 0 Å². The molecule has 0 heterocycles. The van der Waals surface area contributed by atoms with E-state index < -0.39 is 10.0 Å². The highest BCUT2D eigenvalue weighted by atomic mass is 35.5. The number of benzene rings is 1. The van der Waals surface area contributed by atoms with Crippen molar-refractivity contribution in [2.24, 2.45) is 0 Å². The van der Waals surface area contributed by atoms with E-state index in [9.17, 15) is 13.2 Å². The monoisotopic (exact) mass is 363 g/mol. The molecule has 1 aromatic carbocycles. The number of nitrogens with one attached hydrogen (secondary N) is 2. The Labute approximate surface area is 145 Å². The summed E-state index contributed by atoms with van der Waals surface area (Å²) in [4.78, 5) is 12.2. The molecule has 0 saturated carbocycles. The van der Waals surface area contributed by atoms with Gasteiger partial charge in [-0.3, -0.25) is 4.79 Å². The van der Waals surface area contributed by atoms with Gasteiger partial charge in [-0.25, -0.2) is 8.42 Å². The van der Waals surface area contributed by atoms with Crippen molar-refractivity contribution in [1.82, 2.24) is 14.9 Å². The van der Waals surface area contributed by atoms with Crippen molar-refractivity contribution in [3.05, 3.63) is 29.8 Å². The Balaban J connectivity index is 0.00000484. The average Bonchev–Trinajstić information content (AvgIpc) is 2.50. The molecule has 1 amide bonds. The predicted molar refractivity (Wildman–Crippen MR) is 94.7 cm³/mol. The average molecular weight is 364 g/mol. The van der Waals surface area contributed by atoms with Crippen LogP contribution in [-0.4, -0.2) is 51.4 Å². The van der Waals surface area contributed by atoms with Crippen molar-refractivity contribution < 1.29 is 13.2 Å². The molecule has 1 aromatic rings. The third-order valence-electron chi connectivity index (χ3n) is 3.34. The van der Waals surface area contributed by atoms with Crippen LogP contribution in [0.15, 0.2) is 29.2 Å². The predicted octanol–water partition coefficient (Wildman–Crippen LogP) is 1.48. The van der Waals surface area contributed by atoms with Gasteiger partial charge in [-0.1, -0.05) is 13.0 Å². The summed E-state index contributed by atoms with van der Waals surface area (Å²) in [6.45, 7) is 7.60. The van der Waals surface area contributed by atoms with Gasteiger partial charge in [-0.15, -0.1) is 12.4 Å². The van der Waals surface area contributed by atoms with E-state index in [1.807, 2.05) is 6.92 Å². The van der Waals surface area contributed by atoms with Crippen LogP contribution in [0.1, 0.15) is 31.1 Å². The molecule has 0 aliphatic rings. The van der Waals surface area contributed by atoms with Crippen molar-refractivity contribution >= 4 is 28.3 Å². The van der Waals surface area contributed by atoms with E-state index in [1.54, 1.807) is 26.0 Å². The van der Waals surface area contributed by atoms with Crippen LogP contribution in [0.2, 0.25) is 0 Å². The lowest BCUT2D eigenvalue weighted by Crippen LogP contribution is -2.34. The highest BCUT2D eigenvalue weighted by Gasteiger charge is 2.23. The fourth-order valence-corrected chi connectivity index (χ4v) is 3.20. The molecule has 0 aliphatic carbocycles. The van der Waals surface area contributed by atoms with Gasteiger partial charge in [0.2, 0.25) is 10.0 Å². The maximum absolute atomic E-state index is 12.4. The Morgan fingerprint density at radius 1 is 1.26 bits per heavy atom. The summed E-state index contributed by atoms with van der Waals surface area (Å²) in [5.41, 5.74) is 0.342. The Morgan fingerprint density at radius 2 is 1.91 bits per heavy atom. The van der Waals surface area contributed by atoms with Gasteiger partial charge < -0.3 is 10.6 Å². The molecule has 0 fully saturated rings. The summed E-state index contributed by atoms with van der Waals surface area (Å²) in [5, 5.41) is 5.86. The van der Waals surface area contributed by atoms with Gasteiger partial charge in [0.05, 0.1) is 4.90 Å². The third-order valence-corrected chi connectivity index (χ3v) is 5.37. The second kappa shape index (κ2) is 9.87. The molecule has 1 rings (SSSR count). The van der Waals surface area contributed by atoms with E-state index >= 15 is 0 Å². The van der Waals surface area contributed by atoms with Crippen LogP contribution < -0.4 is 10.6 Å². The van der Waals surface area contributed by atoms with Crippen molar-refractivity contribution in [1.29, 1.82) is 0 Å². The van der Waals surface area contributed by atoms with E-state index in [0.29, 0.717) is 18.7 Å². The molecular weight excluding hydrogens is 338 g/mol. The Bertz CT molecular complexity index is 606. The number of rotatable bonds is 8. The summed E-state index contributed by atoms with van der Waals surface area (Å²) in [6, 6.07) is 5.96. The van der Waals surface area contributed by atoms with Gasteiger partial charge in [0.25, 0.3) is 5.91 Å². The van der Waals surface area contributed by atoms with Crippen LogP contribution in [0, 0.1) is 0 Å². The third kappa shape index (κ3) is 6.10. The minimum absolute atomic E-state index is 0. The molecule has 0 atom stereocenters. The van der Waals surface area contributed by atoms with Crippen molar-refractivity contribution in [3.63, 3.8) is 0 Å². The SMILES string of the molecule is CCNCCNC(=O)c1cccc(S(=O)(=O)N(C)C(C)C)c1.Cl. The summed E-state index contributed by atoms with van der Waals surface area (Å²) in [6.07, 6.45) is 0. The van der Waals surface area contributed by atoms with Crippen molar-refractivity contribution in [2.75, 3.05) is 26.7 Å². The highest BCUT2D eigenvalue weighted by Crippen LogP contribution is 2.17. The molecule has 0 unspecified atom stereocenters. The lowest BCUT2D eigenvalue weighted by molar-refractivity contribution is 0.0953. The topological polar surface area (TPSA) is 78.5 Å². The van der Waals surface area contributed by atoms with Gasteiger partial charge >= 0.3 is 0 Å². The number of carbonyl (C=O) groups is 1. The molecule has 2 N–H and O–H groups in total. The van der Waals surface area contributed by atoms with Gasteiger partial charge in [-0.05, 0) is 38.6 Å². The molecular formula is C15H26ClN3O3S. The van der Waals surface area contributed by atoms with Crippen LogP contribution in [0.4, 0.5) is 0 Å². The zero-order valence-electron chi connectivity index (χ0n) is 14.0. The molecule has 8 heteroatoms. The van der Waals surface area contributed by atoms with Gasteiger partial charge in [0, 0.05) is 31.7 Å². The molecule has 23 heavy (non-hydrogen) atoms. The van der Waals surface area contributed by atoms with E-state index in [0.717, 1.165) is 6.54 Å². The van der Waals surface area contributed by atoms with E-state index in [1.165, 1.54) is 23.5 Å². The first-order valence-corrected chi connectivity index (χ1v) is 8.81. The molecule has 0 radical (unpaired) electrons. The lowest BCUT2D eigenvalue weighted by Gasteiger charge is -2.21. The van der Waals surface area contributed by atoms with Crippen LogP contribution in [-0.2, 0) is 10.0 Å². The number of carbonyl (C=O) groups excluding carboxylic acids is 1. The summed E-state index contributed by atoms with van der Waals surface area (Å²) in [5.74, 6) is -0.276. The number of hydrogen-bond donors (Lipinski definition) is 2. The second-order valence-electron chi connectivity index (χ2n) is 5.25. The Morgan fingerprint density at radius 3 is 2.48 bits per heavy atom. The Hall–Kier alpha value is -1.15. The van der Waals surface area contributed by atoms with Gasteiger partial charge in [0.1, 0.15) is 0 Å². The Kier molecular flexibility index (Phi) is 9.38. The quantitative estimate of drug-likeness (QED) is 0.686. The first-order chi connectivity index (χ1) is 10.3. The normalized spacial score (nSPS) is 11.4. The van der Waals surface area contributed by atoms with E-state index in [4.69, 9.17) is 0 Å². The minimum Gasteiger partial charge on any atom is -0.351 e. The maximum Gasteiger partial charge on any atom is 0.251 e. The molecule has 0 saturated heterocycles. The number of likely N-dealkylation sites (N-methyl/N-ethyl adjacent to an activating group) is 1. The largest absolute Gasteiger partial charge is 0.351 e. The minimum atomic E-state index is -3.58. The molecule has 132 valence electrons. The summed E-state index contributed by atoms with van der Waals surface area (Å²) < 4.78 is 26.2. The molecule has 0 spiro atoms. The number of hydrogen-bond acceptors (Lipinski definition) is 4. The maximum atomic E-state index is 12.4. The summed E-state index contributed by atoms with van der Waals surface area (Å²) in [7, 11) is -2.05. The van der Waals surface area contributed by atoms with Crippen LogP contribution in [0.3, 0.4) is 0 Å². The highest BCUT2D eigenvalue weighted by molar-refractivity contribution is 7.89. The number of amides is 1. The van der Waals surface area contributed by atoms with Crippen molar-refractivity contribution in [2.45, 2.75) is 31.7 Å². The van der Waals surface area contributed by atoms with E-state index in [-0.39, 0.29) is 29.3 Å². The van der Waals surface area contributed by atoms with Gasteiger partial charge in [0.15, 0.2) is 0 Å². The molecule has 0 bridgehead atoms. The summed E-state index contributed by atoms with van der Waals surface area (Å²) >= 11 is 0. The second-order valence-corrected chi connectivity index (χ2v) is 7.25. The first-order valence-electron chi connectivity index (χ1n) is 7.37. The zero-order valence-corrected chi connectivity index (χ0v) is 15.6. The van der Waals surface area contributed by atoms with Crippen LogP contribution >= 0.6 is 12.4 Å². The standard InChI is InChI=1S/C15H25N3O3S.ClH/c1-5-16-9-10-17-15(19)13-7-6-8-14(11-13)22(20,21)18(4)12(2)3;/h6-8,11-12,16H,5,9-10H2,1-4H3,(H,17,19);1H. The molecule has 6 nitrogen and oxygen atoms in total. The first kappa shape index (κ1) is 21.9. The van der Waals surface area contributed by atoms with Crippen LogP contribution in [0.5, 0.6) is 0 Å². The van der Waals surface area contributed by atoms with Crippen molar-refractivity contribution in [3.8, 4) is 0 Å².